The average Bonchev–Trinajstić information content (AvgIpc) is 2.85. The molecule has 3 amide bonds. The number of nitrogens with one attached hydrogen (secondary N) is 1. The topological polar surface area (TPSA) is 75.7 Å². The maximum absolute atomic E-state index is 13.6. The smallest absolute Gasteiger partial charge is 0.326 e. The molecule has 27 heavy (non-hydrogen) atoms. The van der Waals surface area contributed by atoms with E-state index in [9.17, 15) is 18.8 Å². The standard InChI is InChI=1S/C20H19FN2O4/c1-13-7-9-15(10-8-13)20(2)18(25)23(19(26)22-20)11-17(24)27-12-14-5-3-4-6-16(14)21/h3-10H,11-12H2,1-2H3,(H,22,26)/t20-/m1/s1. The van der Waals surface area contributed by atoms with Crippen LogP contribution >= 0.6 is 0 Å². The number of aryl methyl sites for hydroxylation is 1. The molecule has 3 rings (SSSR count). The minimum Gasteiger partial charge on any atom is -0.459 e. The first-order valence-corrected chi connectivity index (χ1v) is 8.41. The van der Waals surface area contributed by atoms with Crippen LogP contribution in [0.2, 0.25) is 0 Å². The van der Waals surface area contributed by atoms with Crippen LogP contribution in [0.5, 0.6) is 0 Å². The van der Waals surface area contributed by atoms with E-state index in [0.717, 1.165) is 10.5 Å². The molecular weight excluding hydrogens is 351 g/mol. The van der Waals surface area contributed by atoms with E-state index in [2.05, 4.69) is 5.32 Å². The number of carbonyl (C=O) groups excluding carboxylic acids is 3. The molecule has 0 saturated carbocycles. The van der Waals surface area contributed by atoms with Crippen molar-refractivity contribution in [3.05, 3.63) is 71.0 Å². The van der Waals surface area contributed by atoms with Crippen LogP contribution in [0.4, 0.5) is 9.18 Å². The number of ether oxygens (including phenoxy) is 1. The first kappa shape index (κ1) is 18.6. The fourth-order valence-electron chi connectivity index (χ4n) is 2.87. The number of carbonyl (C=O) groups is 3. The van der Waals surface area contributed by atoms with Crippen LogP contribution in [-0.2, 0) is 26.5 Å². The maximum atomic E-state index is 13.6. The van der Waals surface area contributed by atoms with E-state index in [4.69, 9.17) is 4.74 Å². The first-order valence-electron chi connectivity index (χ1n) is 8.41. The number of imide groups is 1. The summed E-state index contributed by atoms with van der Waals surface area (Å²) in [4.78, 5) is 37.8. The number of halogens is 1. The summed E-state index contributed by atoms with van der Waals surface area (Å²) in [5, 5.41) is 2.62. The molecule has 0 unspecified atom stereocenters. The van der Waals surface area contributed by atoms with Gasteiger partial charge in [0.05, 0.1) is 0 Å². The third kappa shape index (κ3) is 3.67. The van der Waals surface area contributed by atoms with Crippen molar-refractivity contribution in [1.29, 1.82) is 0 Å². The molecule has 7 heteroatoms. The van der Waals surface area contributed by atoms with Crippen LogP contribution < -0.4 is 5.32 Å². The fraction of sp³-hybridized carbons (Fsp3) is 0.250. The van der Waals surface area contributed by atoms with Gasteiger partial charge in [-0.3, -0.25) is 14.5 Å². The largest absolute Gasteiger partial charge is 0.459 e. The van der Waals surface area contributed by atoms with Gasteiger partial charge < -0.3 is 10.1 Å². The van der Waals surface area contributed by atoms with Gasteiger partial charge in [0.2, 0.25) is 0 Å². The van der Waals surface area contributed by atoms with Crippen molar-refractivity contribution in [2.24, 2.45) is 0 Å². The molecule has 0 aliphatic carbocycles. The Kier molecular flexibility index (Phi) is 4.94. The van der Waals surface area contributed by atoms with Crippen LogP contribution in [0.3, 0.4) is 0 Å². The number of hydrogen-bond donors (Lipinski definition) is 1. The van der Waals surface area contributed by atoms with Gasteiger partial charge in [-0.05, 0) is 25.5 Å². The lowest BCUT2D eigenvalue weighted by molar-refractivity contribution is -0.148. The number of rotatable bonds is 5. The average molecular weight is 370 g/mol. The molecule has 140 valence electrons. The highest BCUT2D eigenvalue weighted by Crippen LogP contribution is 2.29. The molecule has 0 aromatic heterocycles. The van der Waals surface area contributed by atoms with Crippen molar-refractivity contribution in [2.45, 2.75) is 26.0 Å². The van der Waals surface area contributed by atoms with Crippen LogP contribution in [0.1, 0.15) is 23.6 Å². The van der Waals surface area contributed by atoms with E-state index in [0.29, 0.717) is 5.56 Å². The van der Waals surface area contributed by atoms with E-state index in [-0.39, 0.29) is 12.2 Å². The molecular formula is C20H19FN2O4. The van der Waals surface area contributed by atoms with Crippen molar-refractivity contribution in [3.63, 3.8) is 0 Å². The fourth-order valence-corrected chi connectivity index (χ4v) is 2.87. The van der Waals surface area contributed by atoms with Gasteiger partial charge in [0.25, 0.3) is 5.91 Å². The Hall–Kier alpha value is -3.22. The monoisotopic (exact) mass is 370 g/mol. The summed E-state index contributed by atoms with van der Waals surface area (Å²) in [5.41, 5.74) is 0.602. The molecule has 2 aromatic rings. The molecule has 6 nitrogen and oxygen atoms in total. The Labute approximate surface area is 155 Å². The lowest BCUT2D eigenvalue weighted by atomic mass is 9.91. The second-order valence-corrected chi connectivity index (χ2v) is 6.56. The molecule has 1 fully saturated rings. The maximum Gasteiger partial charge on any atom is 0.326 e. The minimum absolute atomic E-state index is 0.215. The van der Waals surface area contributed by atoms with Crippen molar-refractivity contribution in [2.75, 3.05) is 6.54 Å². The molecule has 1 N–H and O–H groups in total. The van der Waals surface area contributed by atoms with Gasteiger partial charge in [-0.2, -0.15) is 0 Å². The van der Waals surface area contributed by atoms with E-state index < -0.39 is 35.8 Å². The summed E-state index contributed by atoms with van der Waals surface area (Å²) in [6, 6.07) is 12.4. The van der Waals surface area contributed by atoms with Gasteiger partial charge in [0.1, 0.15) is 24.5 Å². The Morgan fingerprint density at radius 2 is 1.81 bits per heavy atom. The first-order chi connectivity index (χ1) is 12.8. The summed E-state index contributed by atoms with van der Waals surface area (Å²) in [5.74, 6) is -1.83. The lowest BCUT2D eigenvalue weighted by Crippen LogP contribution is -2.41. The third-order valence-corrected chi connectivity index (χ3v) is 4.54. The van der Waals surface area contributed by atoms with E-state index in [1.807, 2.05) is 19.1 Å². The minimum atomic E-state index is -1.25. The van der Waals surface area contributed by atoms with Crippen molar-refractivity contribution in [1.82, 2.24) is 10.2 Å². The third-order valence-electron chi connectivity index (χ3n) is 4.54. The van der Waals surface area contributed by atoms with Gasteiger partial charge >= 0.3 is 12.0 Å². The number of amides is 3. The van der Waals surface area contributed by atoms with Gasteiger partial charge in [0, 0.05) is 5.56 Å². The molecule has 0 bridgehead atoms. The highest BCUT2D eigenvalue weighted by Gasteiger charge is 2.49. The van der Waals surface area contributed by atoms with Gasteiger partial charge in [-0.25, -0.2) is 9.18 Å². The predicted octanol–water partition coefficient (Wildman–Crippen LogP) is 2.64. The van der Waals surface area contributed by atoms with Crippen LogP contribution in [-0.4, -0.2) is 29.4 Å². The van der Waals surface area contributed by atoms with Crippen molar-refractivity contribution in [3.8, 4) is 0 Å². The van der Waals surface area contributed by atoms with Crippen molar-refractivity contribution < 1.29 is 23.5 Å². The number of hydrogen-bond acceptors (Lipinski definition) is 4. The van der Waals surface area contributed by atoms with Crippen LogP contribution in [0.15, 0.2) is 48.5 Å². The number of nitrogens with zero attached hydrogens (tertiary/aromatic N) is 1. The zero-order chi connectivity index (χ0) is 19.6. The number of esters is 1. The number of urea groups is 1. The normalized spacial score (nSPS) is 19.1. The van der Waals surface area contributed by atoms with E-state index in [1.165, 1.54) is 18.2 Å². The van der Waals surface area contributed by atoms with Crippen LogP contribution in [0.25, 0.3) is 0 Å². The summed E-state index contributed by atoms with van der Waals surface area (Å²) in [6.07, 6.45) is 0. The summed E-state index contributed by atoms with van der Waals surface area (Å²) >= 11 is 0. The molecule has 1 heterocycles. The molecule has 1 aliphatic heterocycles. The zero-order valence-corrected chi connectivity index (χ0v) is 15.0. The SMILES string of the molecule is Cc1ccc([C@@]2(C)NC(=O)N(CC(=O)OCc3ccccc3F)C2=O)cc1. The Morgan fingerprint density at radius 1 is 1.15 bits per heavy atom. The number of benzene rings is 2. The Morgan fingerprint density at radius 3 is 2.48 bits per heavy atom. The lowest BCUT2D eigenvalue weighted by Gasteiger charge is -2.22. The molecule has 2 aromatic carbocycles. The summed E-state index contributed by atoms with van der Waals surface area (Å²) in [6.45, 7) is 2.69. The molecule has 0 spiro atoms. The highest BCUT2D eigenvalue weighted by atomic mass is 19.1. The van der Waals surface area contributed by atoms with Gasteiger partial charge in [-0.15, -0.1) is 0 Å². The Bertz CT molecular complexity index is 897. The van der Waals surface area contributed by atoms with Crippen molar-refractivity contribution >= 4 is 17.9 Å². The van der Waals surface area contributed by atoms with Gasteiger partial charge in [0.15, 0.2) is 0 Å². The van der Waals surface area contributed by atoms with E-state index in [1.54, 1.807) is 25.1 Å². The quantitative estimate of drug-likeness (QED) is 0.649. The highest BCUT2D eigenvalue weighted by molar-refractivity contribution is 6.08. The second kappa shape index (κ2) is 7.19. The Balaban J connectivity index is 1.67. The summed E-state index contributed by atoms with van der Waals surface area (Å²) in [7, 11) is 0. The van der Waals surface area contributed by atoms with E-state index >= 15 is 0 Å². The second-order valence-electron chi connectivity index (χ2n) is 6.56. The summed E-state index contributed by atoms with van der Waals surface area (Å²) < 4.78 is 18.6. The molecule has 1 aliphatic rings. The zero-order valence-electron chi connectivity index (χ0n) is 15.0. The molecule has 1 atom stereocenters. The van der Waals surface area contributed by atoms with Crippen LogP contribution in [0, 0.1) is 12.7 Å². The molecule has 0 radical (unpaired) electrons. The molecule has 1 saturated heterocycles. The predicted molar refractivity (Wildman–Crippen MR) is 95.0 cm³/mol. The van der Waals surface area contributed by atoms with Gasteiger partial charge in [-0.1, -0.05) is 48.0 Å².